The molecule has 1 fully saturated rings. The molecule has 0 bridgehead atoms. The van der Waals surface area contributed by atoms with E-state index in [1.807, 2.05) is 30.0 Å². The van der Waals surface area contributed by atoms with Crippen molar-refractivity contribution in [3.05, 3.63) is 28.2 Å². The largest absolute Gasteiger partial charge is 0.316 e. The molecular weight excluding hydrogens is 249 g/mol. The lowest BCUT2D eigenvalue weighted by molar-refractivity contribution is 0.663. The van der Waals surface area contributed by atoms with Gasteiger partial charge in [0.25, 0.3) is 0 Å². The van der Waals surface area contributed by atoms with Crippen LogP contribution in [0.1, 0.15) is 6.42 Å². The first-order valence-electron chi connectivity index (χ1n) is 5.04. The molecule has 0 aromatic heterocycles. The molecule has 1 saturated heterocycles. The monoisotopic (exact) mass is 261 g/mol. The zero-order chi connectivity index (χ0) is 10.7. The van der Waals surface area contributed by atoms with Gasteiger partial charge in [-0.15, -0.1) is 11.8 Å². The van der Waals surface area contributed by atoms with Crippen LogP contribution >= 0.6 is 35.0 Å². The zero-order valence-corrected chi connectivity index (χ0v) is 10.6. The van der Waals surface area contributed by atoms with Gasteiger partial charge >= 0.3 is 0 Å². The summed E-state index contributed by atoms with van der Waals surface area (Å²) in [4.78, 5) is 1.20. The van der Waals surface area contributed by atoms with Gasteiger partial charge in [0.2, 0.25) is 0 Å². The molecule has 1 N–H and O–H groups in total. The molecule has 2 rings (SSSR count). The Morgan fingerprint density at radius 3 is 2.87 bits per heavy atom. The Morgan fingerprint density at radius 1 is 1.33 bits per heavy atom. The predicted octanol–water partition coefficient (Wildman–Crippen LogP) is 3.70. The second-order valence-electron chi connectivity index (χ2n) is 3.75. The standard InChI is InChI=1S/C11H13Cl2NS/c12-10-2-1-9(5-11(10)13)15-7-8-3-4-14-6-8/h1-2,5,8,14H,3-4,6-7H2. The lowest BCUT2D eigenvalue weighted by Gasteiger charge is -2.08. The molecule has 1 heterocycles. The Labute approximate surface area is 105 Å². The van der Waals surface area contributed by atoms with Crippen molar-refractivity contribution in [2.24, 2.45) is 5.92 Å². The number of benzene rings is 1. The summed E-state index contributed by atoms with van der Waals surface area (Å²) in [6, 6.07) is 5.83. The van der Waals surface area contributed by atoms with Crippen LogP contribution < -0.4 is 5.32 Å². The lowest BCUT2D eigenvalue weighted by atomic mass is 10.2. The van der Waals surface area contributed by atoms with Gasteiger partial charge in [-0.3, -0.25) is 0 Å². The van der Waals surface area contributed by atoms with E-state index in [1.165, 1.54) is 11.3 Å². The highest BCUT2D eigenvalue weighted by atomic mass is 35.5. The SMILES string of the molecule is Clc1ccc(SCC2CCNC2)cc1Cl. The predicted molar refractivity (Wildman–Crippen MR) is 68.2 cm³/mol. The van der Waals surface area contributed by atoms with Gasteiger partial charge < -0.3 is 5.32 Å². The van der Waals surface area contributed by atoms with E-state index in [9.17, 15) is 0 Å². The third-order valence-corrected chi connectivity index (χ3v) is 4.50. The Bertz CT molecular complexity index is 337. The van der Waals surface area contributed by atoms with Gasteiger partial charge in [0.1, 0.15) is 0 Å². The summed E-state index contributed by atoms with van der Waals surface area (Å²) in [7, 11) is 0. The third-order valence-electron chi connectivity index (χ3n) is 2.54. The second kappa shape index (κ2) is 5.44. The van der Waals surface area contributed by atoms with Crippen molar-refractivity contribution in [1.82, 2.24) is 5.32 Å². The average Bonchev–Trinajstić information content (AvgIpc) is 2.73. The summed E-state index contributed by atoms with van der Waals surface area (Å²) in [5.74, 6) is 1.95. The van der Waals surface area contributed by atoms with Crippen LogP contribution in [0.5, 0.6) is 0 Å². The minimum atomic E-state index is 0.628. The minimum absolute atomic E-state index is 0.628. The van der Waals surface area contributed by atoms with Crippen molar-refractivity contribution in [2.75, 3.05) is 18.8 Å². The van der Waals surface area contributed by atoms with E-state index in [-0.39, 0.29) is 0 Å². The van der Waals surface area contributed by atoms with Gasteiger partial charge in [-0.1, -0.05) is 23.2 Å². The molecule has 1 aliphatic heterocycles. The van der Waals surface area contributed by atoms with Gasteiger partial charge in [-0.05, 0) is 43.6 Å². The van der Waals surface area contributed by atoms with E-state index in [0.29, 0.717) is 10.0 Å². The van der Waals surface area contributed by atoms with Crippen LogP contribution in [-0.4, -0.2) is 18.8 Å². The van der Waals surface area contributed by atoms with Gasteiger partial charge in [-0.2, -0.15) is 0 Å². The van der Waals surface area contributed by atoms with Crippen LogP contribution in [0.4, 0.5) is 0 Å². The number of hydrogen-bond acceptors (Lipinski definition) is 2. The Hall–Kier alpha value is 0.110. The molecule has 0 spiro atoms. The molecule has 1 aromatic rings. The molecule has 1 aromatic carbocycles. The quantitative estimate of drug-likeness (QED) is 0.834. The van der Waals surface area contributed by atoms with E-state index >= 15 is 0 Å². The zero-order valence-electron chi connectivity index (χ0n) is 8.30. The highest BCUT2D eigenvalue weighted by Crippen LogP contribution is 2.29. The molecule has 0 radical (unpaired) electrons. The fraction of sp³-hybridized carbons (Fsp3) is 0.455. The minimum Gasteiger partial charge on any atom is -0.316 e. The summed E-state index contributed by atoms with van der Waals surface area (Å²) in [6.07, 6.45) is 1.29. The van der Waals surface area contributed by atoms with Crippen molar-refractivity contribution < 1.29 is 0 Å². The summed E-state index contributed by atoms with van der Waals surface area (Å²) in [5, 5.41) is 4.64. The fourth-order valence-electron chi connectivity index (χ4n) is 1.64. The number of halogens is 2. The molecule has 15 heavy (non-hydrogen) atoms. The van der Waals surface area contributed by atoms with Crippen LogP contribution in [-0.2, 0) is 0 Å². The van der Waals surface area contributed by atoms with Crippen LogP contribution in [0, 0.1) is 5.92 Å². The number of hydrogen-bond donors (Lipinski definition) is 1. The van der Waals surface area contributed by atoms with Gasteiger partial charge in [0.15, 0.2) is 0 Å². The van der Waals surface area contributed by atoms with Crippen LogP contribution in [0.2, 0.25) is 10.0 Å². The topological polar surface area (TPSA) is 12.0 Å². The molecule has 1 aliphatic rings. The van der Waals surface area contributed by atoms with Gasteiger partial charge in [0.05, 0.1) is 10.0 Å². The number of nitrogens with one attached hydrogen (secondary N) is 1. The number of rotatable bonds is 3. The smallest absolute Gasteiger partial charge is 0.0603 e. The highest BCUT2D eigenvalue weighted by molar-refractivity contribution is 7.99. The first-order valence-corrected chi connectivity index (χ1v) is 6.78. The first kappa shape index (κ1) is 11.6. The van der Waals surface area contributed by atoms with Crippen molar-refractivity contribution in [1.29, 1.82) is 0 Å². The van der Waals surface area contributed by atoms with Crippen LogP contribution in [0.15, 0.2) is 23.1 Å². The van der Waals surface area contributed by atoms with E-state index < -0.39 is 0 Å². The molecule has 1 atom stereocenters. The Balaban J connectivity index is 1.90. The normalized spacial score (nSPS) is 20.8. The molecule has 82 valence electrons. The summed E-state index contributed by atoms with van der Waals surface area (Å²) in [6.45, 7) is 2.31. The van der Waals surface area contributed by atoms with Crippen molar-refractivity contribution in [2.45, 2.75) is 11.3 Å². The van der Waals surface area contributed by atoms with E-state index in [2.05, 4.69) is 5.32 Å². The highest BCUT2D eigenvalue weighted by Gasteiger charge is 2.14. The van der Waals surface area contributed by atoms with Crippen LogP contribution in [0.3, 0.4) is 0 Å². The fourth-order valence-corrected chi connectivity index (χ4v) is 3.08. The molecule has 0 saturated carbocycles. The molecule has 0 aliphatic carbocycles. The maximum absolute atomic E-state index is 5.95. The summed E-state index contributed by atoms with van der Waals surface area (Å²) in [5.41, 5.74) is 0. The van der Waals surface area contributed by atoms with Crippen LogP contribution in [0.25, 0.3) is 0 Å². The number of thioether (sulfide) groups is 1. The maximum Gasteiger partial charge on any atom is 0.0603 e. The maximum atomic E-state index is 5.95. The van der Waals surface area contributed by atoms with E-state index in [4.69, 9.17) is 23.2 Å². The van der Waals surface area contributed by atoms with Gasteiger partial charge in [-0.25, -0.2) is 0 Å². The third kappa shape index (κ3) is 3.28. The second-order valence-corrected chi connectivity index (χ2v) is 5.65. The molecule has 1 unspecified atom stereocenters. The summed E-state index contributed by atoms with van der Waals surface area (Å²) < 4.78 is 0. The van der Waals surface area contributed by atoms with E-state index in [1.54, 1.807) is 0 Å². The Kier molecular flexibility index (Phi) is 4.21. The van der Waals surface area contributed by atoms with Crippen molar-refractivity contribution >= 4 is 35.0 Å². The molecule has 4 heteroatoms. The first-order chi connectivity index (χ1) is 7.25. The lowest BCUT2D eigenvalue weighted by Crippen LogP contribution is -2.10. The molecular formula is C11H13Cl2NS. The average molecular weight is 262 g/mol. The Morgan fingerprint density at radius 2 is 2.20 bits per heavy atom. The van der Waals surface area contributed by atoms with Crippen molar-refractivity contribution in [3.63, 3.8) is 0 Å². The summed E-state index contributed by atoms with van der Waals surface area (Å²) >= 11 is 13.7. The van der Waals surface area contributed by atoms with Crippen molar-refractivity contribution in [3.8, 4) is 0 Å². The molecule has 0 amide bonds. The molecule has 1 nitrogen and oxygen atoms in total. The van der Waals surface area contributed by atoms with E-state index in [0.717, 1.165) is 24.8 Å². The van der Waals surface area contributed by atoms with Gasteiger partial charge in [0, 0.05) is 10.6 Å².